The summed E-state index contributed by atoms with van der Waals surface area (Å²) in [6.45, 7) is 1.26. The number of halogens is 1. The molecule has 0 bridgehead atoms. The lowest BCUT2D eigenvalue weighted by molar-refractivity contribution is -0.147. The van der Waals surface area contributed by atoms with Crippen molar-refractivity contribution in [1.82, 2.24) is 10.6 Å². The molecule has 1 heterocycles. The maximum atomic E-state index is 11.9. The Kier molecular flexibility index (Phi) is 7.55. The number of carbonyl (C=O) groups excluding carboxylic acids is 3. The third-order valence-corrected chi connectivity index (χ3v) is 4.40. The molecule has 0 saturated heterocycles. The number of ether oxygens (including phenoxy) is 1. The Bertz CT molecular complexity index is 749. The molecule has 138 valence electrons. The van der Waals surface area contributed by atoms with Crippen LogP contribution in [0.4, 0.5) is 4.79 Å². The van der Waals surface area contributed by atoms with Crippen molar-refractivity contribution >= 4 is 41.3 Å². The summed E-state index contributed by atoms with van der Waals surface area (Å²) in [5.74, 6) is -0.734. The van der Waals surface area contributed by atoms with E-state index in [9.17, 15) is 14.4 Å². The van der Waals surface area contributed by atoms with Crippen LogP contribution in [0.25, 0.3) is 0 Å². The van der Waals surface area contributed by atoms with Gasteiger partial charge in [0.1, 0.15) is 11.0 Å². The average molecular weight is 397 g/mol. The minimum Gasteiger partial charge on any atom is -0.467 e. The number of hydrogen-bond donors (Lipinski definition) is 2. The first-order valence-corrected chi connectivity index (χ1v) is 8.88. The van der Waals surface area contributed by atoms with Crippen LogP contribution < -0.4 is 10.6 Å². The van der Waals surface area contributed by atoms with E-state index in [4.69, 9.17) is 20.8 Å². The van der Waals surface area contributed by atoms with Gasteiger partial charge in [-0.15, -0.1) is 11.8 Å². The Morgan fingerprint density at radius 1 is 1.23 bits per heavy atom. The highest BCUT2D eigenvalue weighted by Crippen LogP contribution is 2.25. The Hall–Kier alpha value is -2.45. The lowest BCUT2D eigenvalue weighted by Crippen LogP contribution is -2.41. The van der Waals surface area contributed by atoms with E-state index >= 15 is 0 Å². The summed E-state index contributed by atoms with van der Waals surface area (Å²) >= 11 is 7.08. The number of urea groups is 1. The molecule has 9 heteroatoms. The van der Waals surface area contributed by atoms with E-state index in [2.05, 4.69) is 10.6 Å². The molecule has 0 aliphatic heterocycles. The number of imide groups is 1. The highest BCUT2D eigenvalue weighted by Gasteiger charge is 2.18. The van der Waals surface area contributed by atoms with E-state index in [1.165, 1.54) is 18.0 Å². The summed E-state index contributed by atoms with van der Waals surface area (Å²) in [5, 5.41) is 4.59. The third-order valence-electron chi connectivity index (χ3n) is 3.06. The van der Waals surface area contributed by atoms with Crippen LogP contribution in [0, 0.1) is 0 Å². The molecule has 0 aliphatic carbocycles. The second kappa shape index (κ2) is 9.88. The molecular weight excluding hydrogens is 380 g/mol. The zero-order valence-corrected chi connectivity index (χ0v) is 15.4. The maximum Gasteiger partial charge on any atom is 0.321 e. The fraction of sp³-hybridized carbons (Fsp3) is 0.235. The van der Waals surface area contributed by atoms with Crippen molar-refractivity contribution in [2.75, 3.05) is 6.61 Å². The maximum absolute atomic E-state index is 11.9. The van der Waals surface area contributed by atoms with Crippen molar-refractivity contribution in [2.45, 2.75) is 23.6 Å². The van der Waals surface area contributed by atoms with Crippen LogP contribution in [0.15, 0.2) is 52.0 Å². The van der Waals surface area contributed by atoms with Gasteiger partial charge < -0.3 is 14.5 Å². The van der Waals surface area contributed by atoms with E-state index in [1.54, 1.807) is 43.3 Å². The van der Waals surface area contributed by atoms with Crippen LogP contribution >= 0.6 is 23.4 Å². The number of rotatable bonds is 7. The monoisotopic (exact) mass is 396 g/mol. The zero-order chi connectivity index (χ0) is 18.9. The van der Waals surface area contributed by atoms with Crippen molar-refractivity contribution in [1.29, 1.82) is 0 Å². The minimum atomic E-state index is -0.723. The first kappa shape index (κ1) is 19.9. The van der Waals surface area contributed by atoms with E-state index in [0.29, 0.717) is 10.8 Å². The number of furan rings is 1. The van der Waals surface area contributed by atoms with E-state index < -0.39 is 29.8 Å². The van der Waals surface area contributed by atoms with Gasteiger partial charge in [0.05, 0.1) is 12.8 Å². The smallest absolute Gasteiger partial charge is 0.321 e. The largest absolute Gasteiger partial charge is 0.467 e. The lowest BCUT2D eigenvalue weighted by atomic mass is 10.4. The van der Waals surface area contributed by atoms with Gasteiger partial charge in [-0.2, -0.15) is 0 Å². The quantitative estimate of drug-likeness (QED) is 0.551. The molecule has 2 aromatic rings. The highest BCUT2D eigenvalue weighted by molar-refractivity contribution is 8.00. The Morgan fingerprint density at radius 3 is 2.62 bits per heavy atom. The Morgan fingerprint density at radius 2 is 1.96 bits per heavy atom. The fourth-order valence-electron chi connectivity index (χ4n) is 1.81. The first-order valence-electron chi connectivity index (χ1n) is 7.63. The summed E-state index contributed by atoms with van der Waals surface area (Å²) in [5.41, 5.74) is 0. The first-order chi connectivity index (χ1) is 12.4. The molecule has 7 nitrogen and oxygen atoms in total. The van der Waals surface area contributed by atoms with Crippen LogP contribution in [-0.2, 0) is 20.9 Å². The van der Waals surface area contributed by atoms with Gasteiger partial charge in [0.25, 0.3) is 5.91 Å². The summed E-state index contributed by atoms with van der Waals surface area (Å²) in [4.78, 5) is 36.0. The molecule has 1 atom stereocenters. The van der Waals surface area contributed by atoms with Gasteiger partial charge in [0, 0.05) is 9.92 Å². The molecule has 26 heavy (non-hydrogen) atoms. The molecule has 0 radical (unpaired) electrons. The van der Waals surface area contributed by atoms with E-state index in [-0.39, 0.29) is 6.54 Å². The van der Waals surface area contributed by atoms with Gasteiger partial charge in [-0.05, 0) is 43.3 Å². The molecule has 2 N–H and O–H groups in total. The number of nitrogens with one attached hydrogen (secondary N) is 2. The van der Waals surface area contributed by atoms with Gasteiger partial charge >= 0.3 is 12.0 Å². The molecule has 1 aromatic carbocycles. The van der Waals surface area contributed by atoms with Crippen molar-refractivity contribution in [2.24, 2.45) is 0 Å². The predicted molar refractivity (Wildman–Crippen MR) is 96.8 cm³/mol. The zero-order valence-electron chi connectivity index (χ0n) is 13.9. The van der Waals surface area contributed by atoms with Crippen molar-refractivity contribution in [3.05, 3.63) is 53.4 Å². The second-order valence-electron chi connectivity index (χ2n) is 5.13. The second-order valence-corrected chi connectivity index (χ2v) is 6.98. The molecule has 2 rings (SSSR count). The number of thioether (sulfide) groups is 1. The van der Waals surface area contributed by atoms with Gasteiger partial charge in [-0.1, -0.05) is 11.6 Å². The predicted octanol–water partition coefficient (Wildman–Crippen LogP) is 2.98. The van der Waals surface area contributed by atoms with Gasteiger partial charge in [0.15, 0.2) is 6.61 Å². The van der Waals surface area contributed by atoms with E-state index in [0.717, 1.165) is 4.90 Å². The van der Waals surface area contributed by atoms with Crippen LogP contribution in [-0.4, -0.2) is 29.8 Å². The fourth-order valence-corrected chi connectivity index (χ4v) is 2.80. The van der Waals surface area contributed by atoms with Crippen LogP contribution in [0.1, 0.15) is 12.7 Å². The number of carbonyl (C=O) groups is 3. The van der Waals surface area contributed by atoms with Crippen molar-refractivity contribution < 1.29 is 23.5 Å². The summed E-state index contributed by atoms with van der Waals surface area (Å²) in [6, 6.07) is 9.67. The van der Waals surface area contributed by atoms with Crippen molar-refractivity contribution in [3.8, 4) is 0 Å². The summed E-state index contributed by atoms with van der Waals surface area (Å²) < 4.78 is 9.96. The molecule has 0 unspecified atom stereocenters. The molecule has 0 fully saturated rings. The van der Waals surface area contributed by atoms with Crippen LogP contribution in [0.5, 0.6) is 0 Å². The van der Waals surface area contributed by atoms with Crippen molar-refractivity contribution in [3.63, 3.8) is 0 Å². The number of benzene rings is 1. The summed E-state index contributed by atoms with van der Waals surface area (Å²) in [7, 11) is 0. The Labute approximate surface area is 159 Å². The molecule has 3 amide bonds. The SMILES string of the molecule is C[C@H](Sc1ccc(Cl)cc1)C(=O)OCC(=O)NC(=O)NCc1ccco1. The molecule has 0 saturated carbocycles. The molecule has 0 aliphatic rings. The molecule has 1 aromatic heterocycles. The number of hydrogen-bond acceptors (Lipinski definition) is 6. The topological polar surface area (TPSA) is 97.6 Å². The molecular formula is C17H17ClN2O5S. The van der Waals surface area contributed by atoms with E-state index in [1.807, 2.05) is 0 Å². The minimum absolute atomic E-state index is 0.140. The standard InChI is InChI=1S/C17H17ClN2O5S/c1-11(26-14-6-4-12(18)5-7-14)16(22)25-10-15(21)20-17(23)19-9-13-3-2-8-24-13/h2-8,11H,9-10H2,1H3,(H2,19,20,21,23)/t11-/m0/s1. The molecule has 0 spiro atoms. The normalized spacial score (nSPS) is 11.5. The van der Waals surface area contributed by atoms with Gasteiger partial charge in [-0.3, -0.25) is 14.9 Å². The van der Waals surface area contributed by atoms with Crippen LogP contribution in [0.2, 0.25) is 5.02 Å². The Balaban J connectivity index is 1.67. The third kappa shape index (κ3) is 6.81. The van der Waals surface area contributed by atoms with Gasteiger partial charge in [0.2, 0.25) is 0 Å². The highest BCUT2D eigenvalue weighted by atomic mass is 35.5. The average Bonchev–Trinajstić information content (AvgIpc) is 3.13. The van der Waals surface area contributed by atoms with Crippen LogP contribution in [0.3, 0.4) is 0 Å². The number of esters is 1. The van der Waals surface area contributed by atoms with Gasteiger partial charge in [-0.25, -0.2) is 4.79 Å². The lowest BCUT2D eigenvalue weighted by Gasteiger charge is -2.11. The summed E-state index contributed by atoms with van der Waals surface area (Å²) in [6.07, 6.45) is 1.47. The number of amides is 3.